The third kappa shape index (κ3) is 2.71. The second-order valence-electron chi connectivity index (χ2n) is 5.42. The van der Waals surface area contributed by atoms with Crippen LogP contribution in [0.4, 0.5) is 10.1 Å². The first kappa shape index (κ1) is 16.3. The minimum atomic E-state index is -0.388. The van der Waals surface area contributed by atoms with Gasteiger partial charge in [-0.1, -0.05) is 6.92 Å². The number of thiazole rings is 1. The Kier molecular flexibility index (Phi) is 4.44. The van der Waals surface area contributed by atoms with Crippen molar-refractivity contribution in [3.63, 3.8) is 0 Å². The molecule has 2 heterocycles. The van der Waals surface area contributed by atoms with Crippen molar-refractivity contribution in [2.24, 2.45) is 0 Å². The van der Waals surface area contributed by atoms with Gasteiger partial charge in [0, 0.05) is 34.0 Å². The van der Waals surface area contributed by atoms with E-state index in [1.54, 1.807) is 11.6 Å². The van der Waals surface area contributed by atoms with Crippen LogP contribution in [0.2, 0.25) is 0 Å². The number of nitrogens with two attached hydrogens (primary N) is 1. The second kappa shape index (κ2) is 6.52. The fraction of sp³-hybridized carbons (Fsp3) is 0.235. The molecule has 124 valence electrons. The Morgan fingerprint density at radius 3 is 2.79 bits per heavy atom. The van der Waals surface area contributed by atoms with Crippen LogP contribution in [0, 0.1) is 12.7 Å². The highest BCUT2D eigenvalue weighted by Gasteiger charge is 2.19. The number of carbonyl (C=O) groups is 1. The summed E-state index contributed by atoms with van der Waals surface area (Å²) in [6.45, 7) is 4.39. The first-order valence-corrected chi connectivity index (χ1v) is 8.47. The zero-order chi connectivity index (χ0) is 17.3. The number of hydrogen-bond acceptors (Lipinski definition) is 5. The largest absolute Gasteiger partial charge is 0.396 e. The first-order chi connectivity index (χ1) is 11.5. The van der Waals surface area contributed by atoms with Crippen molar-refractivity contribution >= 4 is 33.7 Å². The smallest absolute Gasteiger partial charge is 0.272 e. The maximum Gasteiger partial charge on any atom is 0.272 e. The van der Waals surface area contributed by atoms with Crippen molar-refractivity contribution in [1.82, 2.24) is 15.3 Å². The number of anilines is 1. The molecule has 0 aliphatic carbocycles. The van der Waals surface area contributed by atoms with Crippen LogP contribution in [0.25, 0.3) is 22.0 Å². The Morgan fingerprint density at radius 2 is 2.12 bits per heavy atom. The van der Waals surface area contributed by atoms with Gasteiger partial charge in [0.15, 0.2) is 5.69 Å². The molecule has 5 nitrogen and oxygen atoms in total. The van der Waals surface area contributed by atoms with E-state index in [9.17, 15) is 9.18 Å². The summed E-state index contributed by atoms with van der Waals surface area (Å²) in [7, 11) is 0. The van der Waals surface area contributed by atoms with E-state index in [1.807, 2.05) is 13.8 Å². The molecule has 24 heavy (non-hydrogen) atoms. The van der Waals surface area contributed by atoms with Crippen LogP contribution < -0.4 is 11.1 Å². The number of amides is 1. The lowest BCUT2D eigenvalue weighted by molar-refractivity contribution is 0.0950. The normalized spacial score (nSPS) is 11.0. The lowest BCUT2D eigenvalue weighted by Crippen LogP contribution is -2.26. The molecule has 2 aromatic heterocycles. The van der Waals surface area contributed by atoms with Crippen molar-refractivity contribution in [1.29, 1.82) is 0 Å². The Bertz CT molecular complexity index is 922. The number of nitrogen functional groups attached to an aromatic ring is 1. The summed E-state index contributed by atoms with van der Waals surface area (Å²) in [5.74, 6) is -0.715. The Morgan fingerprint density at radius 1 is 1.33 bits per heavy atom. The van der Waals surface area contributed by atoms with Gasteiger partial charge in [-0.15, -0.1) is 11.3 Å². The molecule has 3 rings (SSSR count). The summed E-state index contributed by atoms with van der Waals surface area (Å²) in [5, 5.41) is 3.89. The monoisotopic (exact) mass is 344 g/mol. The zero-order valence-electron chi connectivity index (χ0n) is 13.4. The molecular weight excluding hydrogens is 327 g/mol. The van der Waals surface area contributed by atoms with Crippen molar-refractivity contribution in [3.8, 4) is 11.3 Å². The third-order valence-corrected chi connectivity index (χ3v) is 4.55. The predicted octanol–water partition coefficient (Wildman–Crippen LogP) is 3.53. The van der Waals surface area contributed by atoms with Crippen LogP contribution in [0.15, 0.2) is 23.8 Å². The van der Waals surface area contributed by atoms with Gasteiger partial charge in [0.25, 0.3) is 5.91 Å². The topological polar surface area (TPSA) is 80.9 Å². The van der Waals surface area contributed by atoms with E-state index < -0.39 is 0 Å². The standard InChI is InChI=1S/C17H17FN4OS/c1-3-6-20-17(23)16-14(19)10-4-5-12(18)13(11(10)7-21-16)15-9(2)24-8-22-15/h4-5,7-8H,3,6,19H2,1-2H3,(H,20,23). The van der Waals surface area contributed by atoms with Crippen LogP contribution >= 0.6 is 11.3 Å². The summed E-state index contributed by atoms with van der Waals surface area (Å²) >= 11 is 1.44. The lowest BCUT2D eigenvalue weighted by Gasteiger charge is -2.12. The molecule has 0 saturated carbocycles. The molecule has 3 aromatic rings. The van der Waals surface area contributed by atoms with E-state index in [0.717, 1.165) is 11.3 Å². The van der Waals surface area contributed by atoms with Gasteiger partial charge in [-0.2, -0.15) is 0 Å². The highest BCUT2D eigenvalue weighted by molar-refractivity contribution is 7.10. The average Bonchev–Trinajstić information content (AvgIpc) is 2.98. The minimum Gasteiger partial charge on any atom is -0.396 e. The van der Waals surface area contributed by atoms with Gasteiger partial charge in [-0.25, -0.2) is 14.4 Å². The van der Waals surface area contributed by atoms with Gasteiger partial charge in [0.2, 0.25) is 0 Å². The number of nitrogens with one attached hydrogen (secondary N) is 1. The van der Waals surface area contributed by atoms with Crippen molar-refractivity contribution in [2.45, 2.75) is 20.3 Å². The summed E-state index contributed by atoms with van der Waals surface area (Å²) in [5.41, 5.74) is 9.16. The van der Waals surface area contributed by atoms with Crippen molar-refractivity contribution < 1.29 is 9.18 Å². The average molecular weight is 344 g/mol. The highest BCUT2D eigenvalue weighted by atomic mass is 32.1. The van der Waals surface area contributed by atoms with E-state index in [0.29, 0.717) is 28.6 Å². The molecule has 7 heteroatoms. The predicted molar refractivity (Wildman–Crippen MR) is 94.6 cm³/mol. The second-order valence-corrected chi connectivity index (χ2v) is 6.48. The zero-order valence-corrected chi connectivity index (χ0v) is 14.2. The van der Waals surface area contributed by atoms with Gasteiger partial charge >= 0.3 is 0 Å². The third-order valence-electron chi connectivity index (χ3n) is 3.79. The van der Waals surface area contributed by atoms with E-state index in [-0.39, 0.29) is 23.1 Å². The molecule has 0 spiro atoms. The summed E-state index contributed by atoms with van der Waals surface area (Å²) in [6, 6.07) is 2.92. The number of nitrogens with zero attached hydrogens (tertiary/aromatic N) is 2. The fourth-order valence-corrected chi connectivity index (χ4v) is 3.16. The SMILES string of the molecule is CCCNC(=O)c1ncc2c(-c3ncsc3C)c(F)ccc2c1N. The van der Waals surface area contributed by atoms with Gasteiger partial charge in [0.1, 0.15) is 5.82 Å². The lowest BCUT2D eigenvalue weighted by atomic mass is 10.0. The van der Waals surface area contributed by atoms with Gasteiger partial charge in [-0.05, 0) is 25.5 Å². The molecule has 1 aromatic carbocycles. The number of fused-ring (bicyclic) bond motifs is 1. The molecule has 0 bridgehead atoms. The molecule has 0 unspecified atom stereocenters. The molecule has 0 aliphatic heterocycles. The van der Waals surface area contributed by atoms with Crippen LogP contribution in [-0.2, 0) is 0 Å². The molecule has 0 radical (unpaired) electrons. The minimum absolute atomic E-state index is 0.156. The number of benzene rings is 1. The number of pyridine rings is 1. The number of halogens is 1. The number of carbonyl (C=O) groups excluding carboxylic acids is 1. The fourth-order valence-electron chi connectivity index (χ4n) is 2.58. The van der Waals surface area contributed by atoms with Crippen molar-refractivity contribution in [2.75, 3.05) is 12.3 Å². The first-order valence-electron chi connectivity index (χ1n) is 7.60. The van der Waals surface area contributed by atoms with Crippen LogP contribution in [0.3, 0.4) is 0 Å². The molecule has 0 atom stereocenters. The van der Waals surface area contributed by atoms with Crippen LogP contribution in [-0.4, -0.2) is 22.4 Å². The van der Waals surface area contributed by atoms with Gasteiger partial charge in [-0.3, -0.25) is 4.79 Å². The molecule has 3 N–H and O–H groups in total. The molecule has 0 aliphatic rings. The highest BCUT2D eigenvalue weighted by Crippen LogP contribution is 2.36. The Labute approximate surface area is 142 Å². The van der Waals surface area contributed by atoms with E-state index in [1.165, 1.54) is 23.6 Å². The maximum absolute atomic E-state index is 14.4. The number of rotatable bonds is 4. The Hall–Kier alpha value is -2.54. The number of hydrogen-bond donors (Lipinski definition) is 2. The number of aryl methyl sites for hydroxylation is 1. The van der Waals surface area contributed by atoms with E-state index in [4.69, 9.17) is 5.73 Å². The van der Waals surface area contributed by atoms with E-state index >= 15 is 0 Å². The molecule has 0 saturated heterocycles. The summed E-state index contributed by atoms with van der Waals surface area (Å²) in [4.78, 5) is 21.5. The van der Waals surface area contributed by atoms with E-state index in [2.05, 4.69) is 15.3 Å². The molecule has 0 fully saturated rings. The molecular formula is C17H17FN4OS. The van der Waals surface area contributed by atoms with Crippen LogP contribution in [0.1, 0.15) is 28.7 Å². The van der Waals surface area contributed by atoms with Gasteiger partial charge < -0.3 is 11.1 Å². The molecule has 1 amide bonds. The summed E-state index contributed by atoms with van der Waals surface area (Å²) in [6.07, 6.45) is 2.31. The summed E-state index contributed by atoms with van der Waals surface area (Å²) < 4.78 is 14.4. The maximum atomic E-state index is 14.4. The van der Waals surface area contributed by atoms with Gasteiger partial charge in [0.05, 0.1) is 16.9 Å². The van der Waals surface area contributed by atoms with Crippen molar-refractivity contribution in [3.05, 3.63) is 40.2 Å². The number of aromatic nitrogens is 2. The quantitative estimate of drug-likeness (QED) is 0.759. The Balaban J connectivity index is 2.19. The van der Waals surface area contributed by atoms with Crippen LogP contribution in [0.5, 0.6) is 0 Å².